The van der Waals surface area contributed by atoms with Crippen molar-refractivity contribution in [1.82, 2.24) is 4.98 Å². The molecule has 28 heavy (non-hydrogen) atoms. The van der Waals surface area contributed by atoms with Crippen molar-refractivity contribution in [2.45, 2.75) is 6.92 Å². The third-order valence-electron chi connectivity index (χ3n) is 4.52. The van der Waals surface area contributed by atoms with E-state index in [1.54, 1.807) is 0 Å². The number of esters is 1. The van der Waals surface area contributed by atoms with Gasteiger partial charge in [-0.2, -0.15) is 0 Å². The average molecular weight is 368 g/mol. The maximum absolute atomic E-state index is 11.7. The molecule has 1 aromatic heterocycles. The summed E-state index contributed by atoms with van der Waals surface area (Å²) >= 11 is 0. The lowest BCUT2D eigenvalue weighted by atomic mass is 10.1. The van der Waals surface area contributed by atoms with E-state index in [0.29, 0.717) is 11.4 Å². The van der Waals surface area contributed by atoms with Gasteiger partial charge in [-0.05, 0) is 23.3 Å². The van der Waals surface area contributed by atoms with Gasteiger partial charge in [0.2, 0.25) is 0 Å². The SMILES string of the molecule is CC(=O)Oc1c(-c2ccccc2)[nH]c2cc(N)c(C=Cc3ccccc3)cc12. The van der Waals surface area contributed by atoms with Crippen molar-refractivity contribution in [3.05, 3.63) is 83.9 Å². The number of carbonyl (C=O) groups excluding carboxylic acids is 1. The second-order valence-corrected chi connectivity index (χ2v) is 6.56. The van der Waals surface area contributed by atoms with Crippen LogP contribution in [0.15, 0.2) is 72.8 Å². The number of nitrogens with two attached hydrogens (primary N) is 1. The zero-order valence-electron chi connectivity index (χ0n) is 15.5. The van der Waals surface area contributed by atoms with Gasteiger partial charge < -0.3 is 15.5 Å². The number of ether oxygens (including phenoxy) is 1. The molecule has 0 aliphatic rings. The molecular formula is C24H20N2O2. The summed E-state index contributed by atoms with van der Waals surface area (Å²) in [5, 5.41) is 0.816. The lowest BCUT2D eigenvalue weighted by Gasteiger charge is -2.05. The van der Waals surface area contributed by atoms with Crippen LogP contribution in [0.5, 0.6) is 5.75 Å². The number of carbonyl (C=O) groups is 1. The Bertz CT molecular complexity index is 1160. The fraction of sp³-hybridized carbons (Fsp3) is 0.0417. The summed E-state index contributed by atoms with van der Waals surface area (Å²) in [6.45, 7) is 1.40. The number of rotatable bonds is 4. The van der Waals surface area contributed by atoms with Crippen LogP contribution >= 0.6 is 0 Å². The van der Waals surface area contributed by atoms with Crippen LogP contribution in [0.4, 0.5) is 5.69 Å². The number of nitrogen functional groups attached to an aromatic ring is 1. The molecule has 4 aromatic rings. The summed E-state index contributed by atoms with van der Waals surface area (Å²) < 4.78 is 5.58. The molecule has 4 heteroatoms. The average Bonchev–Trinajstić information content (AvgIpc) is 3.04. The maximum Gasteiger partial charge on any atom is 0.308 e. The molecule has 0 spiro atoms. The molecule has 0 aliphatic carbocycles. The monoisotopic (exact) mass is 368 g/mol. The van der Waals surface area contributed by atoms with E-state index in [-0.39, 0.29) is 5.97 Å². The van der Waals surface area contributed by atoms with Crippen molar-refractivity contribution in [3.8, 4) is 17.0 Å². The molecule has 0 unspecified atom stereocenters. The van der Waals surface area contributed by atoms with Crippen LogP contribution in [0.25, 0.3) is 34.3 Å². The third-order valence-corrected chi connectivity index (χ3v) is 4.52. The molecule has 0 aliphatic heterocycles. The second-order valence-electron chi connectivity index (χ2n) is 6.56. The highest BCUT2D eigenvalue weighted by Crippen LogP contribution is 2.39. The van der Waals surface area contributed by atoms with Crippen molar-refractivity contribution in [2.24, 2.45) is 0 Å². The minimum absolute atomic E-state index is 0.365. The van der Waals surface area contributed by atoms with Crippen molar-refractivity contribution in [1.29, 1.82) is 0 Å². The van der Waals surface area contributed by atoms with Gasteiger partial charge in [-0.25, -0.2) is 0 Å². The smallest absolute Gasteiger partial charge is 0.308 e. The van der Waals surface area contributed by atoms with Crippen molar-refractivity contribution in [3.63, 3.8) is 0 Å². The predicted octanol–water partition coefficient (Wildman–Crippen LogP) is 5.51. The number of aromatic amines is 1. The van der Waals surface area contributed by atoms with Crippen molar-refractivity contribution in [2.75, 3.05) is 5.73 Å². The minimum Gasteiger partial charge on any atom is -0.424 e. The third kappa shape index (κ3) is 3.53. The van der Waals surface area contributed by atoms with Gasteiger partial charge >= 0.3 is 5.97 Å². The second kappa shape index (κ2) is 7.45. The quantitative estimate of drug-likeness (QED) is 0.283. The summed E-state index contributed by atoms with van der Waals surface area (Å²) in [6.07, 6.45) is 3.98. The Balaban J connectivity index is 1.85. The number of hydrogen-bond acceptors (Lipinski definition) is 3. The first-order chi connectivity index (χ1) is 13.6. The molecule has 0 atom stereocenters. The molecule has 0 fully saturated rings. The Morgan fingerprint density at radius 1 is 0.964 bits per heavy atom. The van der Waals surface area contributed by atoms with Gasteiger partial charge in [0.1, 0.15) is 0 Å². The highest BCUT2D eigenvalue weighted by molar-refractivity contribution is 5.99. The van der Waals surface area contributed by atoms with Crippen LogP contribution in [-0.4, -0.2) is 11.0 Å². The molecule has 3 N–H and O–H groups in total. The Hall–Kier alpha value is -3.79. The van der Waals surface area contributed by atoms with Gasteiger partial charge in [0.25, 0.3) is 0 Å². The highest BCUT2D eigenvalue weighted by atomic mass is 16.5. The Kier molecular flexibility index (Phi) is 4.68. The molecule has 0 amide bonds. The Morgan fingerprint density at radius 3 is 2.32 bits per heavy atom. The molecule has 4 nitrogen and oxygen atoms in total. The van der Waals surface area contributed by atoms with E-state index >= 15 is 0 Å². The van der Waals surface area contributed by atoms with Crippen LogP contribution in [0.2, 0.25) is 0 Å². The summed E-state index contributed by atoms with van der Waals surface area (Å²) in [5.41, 5.74) is 11.4. The molecular weight excluding hydrogens is 348 g/mol. The lowest BCUT2D eigenvalue weighted by molar-refractivity contribution is -0.131. The first kappa shape index (κ1) is 17.6. The van der Waals surface area contributed by atoms with Gasteiger partial charge in [0, 0.05) is 23.6 Å². The number of benzene rings is 3. The van der Waals surface area contributed by atoms with E-state index in [0.717, 1.165) is 33.3 Å². The molecule has 3 aromatic carbocycles. The van der Waals surface area contributed by atoms with Crippen LogP contribution in [0.3, 0.4) is 0 Å². The predicted molar refractivity (Wildman–Crippen MR) is 115 cm³/mol. The fourth-order valence-corrected chi connectivity index (χ4v) is 3.20. The molecule has 1 heterocycles. The number of nitrogens with one attached hydrogen (secondary N) is 1. The number of hydrogen-bond donors (Lipinski definition) is 2. The van der Waals surface area contributed by atoms with E-state index in [1.165, 1.54) is 6.92 Å². The van der Waals surface area contributed by atoms with Gasteiger partial charge in [-0.1, -0.05) is 72.8 Å². The van der Waals surface area contributed by atoms with Crippen LogP contribution in [0, 0.1) is 0 Å². The zero-order chi connectivity index (χ0) is 19.5. The summed E-state index contributed by atoms with van der Waals surface area (Å²) in [4.78, 5) is 15.1. The number of aromatic nitrogens is 1. The summed E-state index contributed by atoms with van der Waals surface area (Å²) in [6, 6.07) is 23.6. The fourth-order valence-electron chi connectivity index (χ4n) is 3.20. The lowest BCUT2D eigenvalue weighted by Crippen LogP contribution is -2.02. The van der Waals surface area contributed by atoms with Gasteiger partial charge in [-0.15, -0.1) is 0 Å². The first-order valence-electron chi connectivity index (χ1n) is 9.04. The largest absolute Gasteiger partial charge is 0.424 e. The summed E-state index contributed by atoms with van der Waals surface area (Å²) in [5.74, 6) is 0.152. The Labute approximate surface area is 163 Å². The van der Waals surface area contributed by atoms with Gasteiger partial charge in [0.15, 0.2) is 5.75 Å². The Morgan fingerprint density at radius 2 is 1.64 bits per heavy atom. The molecule has 0 saturated carbocycles. The first-order valence-corrected chi connectivity index (χ1v) is 9.04. The van der Waals surface area contributed by atoms with Crippen molar-refractivity contribution < 1.29 is 9.53 Å². The van der Waals surface area contributed by atoms with E-state index in [9.17, 15) is 4.79 Å². The molecule has 0 saturated heterocycles. The minimum atomic E-state index is -0.365. The van der Waals surface area contributed by atoms with Crippen LogP contribution in [0.1, 0.15) is 18.1 Å². The van der Waals surface area contributed by atoms with Gasteiger partial charge in [0.05, 0.1) is 11.2 Å². The van der Waals surface area contributed by atoms with E-state index in [1.807, 2.05) is 84.9 Å². The number of anilines is 1. The standard InChI is InChI=1S/C24H20N2O2/c1-16(27)28-24-20-14-19(13-12-17-8-4-2-5-9-17)21(25)15-22(20)26-23(24)18-10-6-3-7-11-18/h2-15,26H,25H2,1H3. The molecule has 0 bridgehead atoms. The molecule has 0 radical (unpaired) electrons. The van der Waals surface area contributed by atoms with E-state index in [2.05, 4.69) is 4.98 Å². The number of H-pyrrole nitrogens is 1. The zero-order valence-corrected chi connectivity index (χ0v) is 15.5. The van der Waals surface area contributed by atoms with E-state index < -0.39 is 0 Å². The van der Waals surface area contributed by atoms with Crippen LogP contribution < -0.4 is 10.5 Å². The highest BCUT2D eigenvalue weighted by Gasteiger charge is 2.17. The van der Waals surface area contributed by atoms with Crippen molar-refractivity contribution >= 4 is 34.7 Å². The molecule has 138 valence electrons. The normalized spacial score (nSPS) is 11.2. The van der Waals surface area contributed by atoms with Crippen LogP contribution in [-0.2, 0) is 4.79 Å². The maximum atomic E-state index is 11.7. The topological polar surface area (TPSA) is 68.1 Å². The van der Waals surface area contributed by atoms with E-state index in [4.69, 9.17) is 10.5 Å². The van der Waals surface area contributed by atoms with Gasteiger partial charge in [-0.3, -0.25) is 4.79 Å². The molecule has 4 rings (SSSR count). The number of fused-ring (bicyclic) bond motifs is 1. The summed E-state index contributed by atoms with van der Waals surface area (Å²) in [7, 11) is 0.